The number of ether oxygens (including phenoxy) is 1. The molecule has 0 spiro atoms. The number of hydrogen-bond acceptors (Lipinski definition) is 21. The molecule has 150 heavy (non-hydrogen) atoms. The van der Waals surface area contributed by atoms with E-state index in [1.54, 1.807) is 105 Å². The summed E-state index contributed by atoms with van der Waals surface area (Å²) in [4.78, 5) is 28.7. The molecule has 1 saturated carbocycles. The first-order valence-electron chi connectivity index (χ1n) is 42.9. The number of hydrogen-bond donors (Lipinski definition) is 6. The summed E-state index contributed by atoms with van der Waals surface area (Å²) in [7, 11) is -19.1. The van der Waals surface area contributed by atoms with Crippen molar-refractivity contribution in [3.05, 3.63) is 372 Å². The Bertz CT molecular complexity index is 9560. The molecule has 19 aromatic rings. The number of phenolic OH excluding ortho intramolecular Hbond substituents is 4. The Balaban J connectivity index is 0.000000134. The van der Waals surface area contributed by atoms with Gasteiger partial charge in [0.2, 0.25) is 0 Å². The predicted molar refractivity (Wildman–Crippen MR) is 541 cm³/mol. The standard InChI is InChI=1S/C23H18BrClN2O4S.C22H11F5N2O4S.C21H12Cl3NO4S.C18H10F2N4O3S.C18H12F2N2O3S/c1-26(2)23(29)16-9-8-15-10-19(14-6-4-3-5-7-14)27(20(15)11-16)32(30,31)21-13-17(24)12-18(25)22(21)28;23-15-9-17(24)21(30)20(10-15)34(31,32)29-18-6-1-12(11-28)7-14(18)8-19(29)13-2-4-16(5-3-13)33-22(25,26)27;22-15-4-5-19-14(7-15)8-20(12-2-1-3-13(6-12)21(26)27)25(19)30(28,29)18-10-16(23)9-17(24)11-18;19-12-5-13(20)18(25)17(6-12)28(26,27)24-15-2-1-10(7-21)3-11(15)4-16(24)14-8-22-9-23-14;19-13-7-14(20)18(23)17(8-13)26(24,25)22-15-4-1-10(9-21)5-12(15)6-16(22)11-2-3-11/h3-13,28H,1-2H3;1-10,30H;1-11H,(H,26,27);1-6,8-9,25H,(H,22,23);1,4-8,11,23H,2-3H2. The Morgan fingerprint density at radius 3 is 1.33 bits per heavy atom. The zero-order chi connectivity index (χ0) is 108. The molecule has 29 nitrogen and oxygen atoms in total. The molecule has 48 heteroatoms. The smallest absolute Gasteiger partial charge is 0.505 e. The normalized spacial score (nSPS) is 12.2. The maximum Gasteiger partial charge on any atom is 0.573 e. The summed E-state index contributed by atoms with van der Waals surface area (Å²) in [5.74, 6) is -13.9. The van der Waals surface area contributed by atoms with Crippen LogP contribution in [0.4, 0.5) is 39.5 Å². The van der Waals surface area contributed by atoms with E-state index in [9.17, 15) is 117 Å². The number of rotatable bonds is 18. The van der Waals surface area contributed by atoms with Crippen LogP contribution in [0.1, 0.15) is 61.9 Å². The van der Waals surface area contributed by atoms with Gasteiger partial charge in [0.15, 0.2) is 40.4 Å². The van der Waals surface area contributed by atoms with Crippen molar-refractivity contribution in [3.8, 4) is 92.1 Å². The summed E-state index contributed by atoms with van der Waals surface area (Å²) in [6.07, 6.45) is -0.644. The number of H-pyrrole nitrogens is 1. The fourth-order valence-corrected chi connectivity index (χ4v) is 26.2. The lowest BCUT2D eigenvalue weighted by atomic mass is 10.1. The molecule has 0 radical (unpaired) electrons. The fraction of sp³-hybridized carbons (Fsp3) is 0.0588. The molecule has 0 aliphatic heterocycles. The summed E-state index contributed by atoms with van der Waals surface area (Å²) in [6.45, 7) is 0. The van der Waals surface area contributed by atoms with Gasteiger partial charge < -0.3 is 40.2 Å². The summed E-state index contributed by atoms with van der Waals surface area (Å²) < 4.78 is 264. The first-order chi connectivity index (χ1) is 70.8. The third kappa shape index (κ3) is 21.3. The summed E-state index contributed by atoms with van der Waals surface area (Å²) in [5, 5.41) is 80.0. The average Bonchev–Trinajstić information content (AvgIpc) is 1.61. The largest absolute Gasteiger partial charge is 0.573 e. The highest BCUT2D eigenvalue weighted by molar-refractivity contribution is 9.10. The van der Waals surface area contributed by atoms with Crippen molar-refractivity contribution in [1.82, 2.24) is 34.7 Å². The minimum absolute atomic E-state index is 0.00302. The number of benzene rings is 13. The Morgan fingerprint density at radius 1 is 0.427 bits per heavy atom. The number of carboxylic acids is 1. The quantitative estimate of drug-likeness (QED) is 0.0434. The minimum Gasteiger partial charge on any atom is -0.505 e. The number of aromatic hydroxyl groups is 4. The van der Waals surface area contributed by atoms with Gasteiger partial charge in [0.25, 0.3) is 56.0 Å². The molecule has 6 aromatic heterocycles. The number of amides is 1. The van der Waals surface area contributed by atoms with Crippen LogP contribution in [0.15, 0.2) is 308 Å². The summed E-state index contributed by atoms with van der Waals surface area (Å²) in [6, 6.07) is 64.9. The second-order valence-electron chi connectivity index (χ2n) is 33.0. The number of nitrogens with one attached hydrogen (secondary N) is 1. The molecule has 0 unspecified atom stereocenters. The van der Waals surface area contributed by atoms with Gasteiger partial charge in [-0.25, -0.2) is 98.1 Å². The number of halogens is 14. The lowest BCUT2D eigenvalue weighted by molar-refractivity contribution is -0.274. The fourth-order valence-electron chi connectivity index (χ4n) is 16.1. The van der Waals surface area contributed by atoms with Crippen LogP contribution in [0, 0.1) is 68.9 Å². The Hall–Kier alpha value is -16.1. The number of imidazole rings is 1. The van der Waals surface area contributed by atoms with Gasteiger partial charge in [-0.2, -0.15) is 15.8 Å². The van der Waals surface area contributed by atoms with Crippen LogP contribution in [0.3, 0.4) is 0 Å². The molecule has 1 fully saturated rings. The summed E-state index contributed by atoms with van der Waals surface area (Å²) in [5.41, 5.74) is 5.02. The first kappa shape index (κ1) is 107. The molecule has 20 rings (SSSR count). The number of fused-ring (bicyclic) bond motifs is 5. The zero-order valence-corrected chi connectivity index (χ0v) is 84.6. The van der Waals surface area contributed by atoms with Crippen LogP contribution in [0.25, 0.3) is 99.7 Å². The van der Waals surface area contributed by atoms with Crippen LogP contribution < -0.4 is 4.74 Å². The second kappa shape index (κ2) is 41.6. The molecule has 0 bridgehead atoms. The number of alkyl halides is 3. The second-order valence-corrected chi connectivity index (χ2v) is 44.4. The van der Waals surface area contributed by atoms with E-state index in [1.165, 1.54) is 127 Å². The average molecular weight is 2280 g/mol. The van der Waals surface area contributed by atoms with Gasteiger partial charge in [0, 0.05) is 102 Å². The van der Waals surface area contributed by atoms with Gasteiger partial charge in [-0.1, -0.05) is 111 Å². The van der Waals surface area contributed by atoms with Gasteiger partial charge in [-0.15, -0.1) is 13.2 Å². The van der Waals surface area contributed by atoms with Gasteiger partial charge in [-0.05, 0) is 224 Å². The maximum absolute atomic E-state index is 13.9. The minimum atomic E-state index is -4.94. The van der Waals surface area contributed by atoms with Gasteiger partial charge in [-0.3, -0.25) is 4.79 Å². The predicted octanol–water partition coefficient (Wildman–Crippen LogP) is 23.6. The van der Waals surface area contributed by atoms with Crippen LogP contribution in [-0.2, 0) is 50.1 Å². The van der Waals surface area contributed by atoms with E-state index in [4.69, 9.17) is 62.2 Å². The highest BCUT2D eigenvalue weighted by Gasteiger charge is 2.39. The van der Waals surface area contributed by atoms with Gasteiger partial charge in [0.05, 0.1) is 119 Å². The van der Waals surface area contributed by atoms with Crippen molar-refractivity contribution in [3.63, 3.8) is 0 Å². The highest BCUT2D eigenvalue weighted by atomic mass is 79.9. The monoisotopic (exact) mass is 2280 g/mol. The topological polar surface area (TPSA) is 443 Å². The van der Waals surface area contributed by atoms with Crippen LogP contribution in [-0.4, -0.2) is 135 Å². The van der Waals surface area contributed by atoms with E-state index in [-0.39, 0.29) is 92.4 Å². The zero-order valence-electron chi connectivity index (χ0n) is 75.9. The Morgan fingerprint density at radius 2 is 0.853 bits per heavy atom. The number of nitrogens with zero attached hydrogens (tertiary/aromatic N) is 10. The highest BCUT2D eigenvalue weighted by Crippen LogP contribution is 2.48. The number of aromatic nitrogens is 7. The molecule has 1 aliphatic carbocycles. The van der Waals surface area contributed by atoms with Gasteiger partial charge in [0.1, 0.15) is 42.8 Å². The molecule has 6 heterocycles. The molecule has 1 amide bonds. The SMILES string of the molecule is CN(C)C(=O)c1ccc2cc(-c3ccccc3)n(S(=O)(=O)c3cc(Br)cc(Cl)c3O)c2c1.N#Cc1ccc2c(c1)cc(-c1ccc(OC(F)(F)F)cc1)n2S(=O)(=O)c1cc(F)cc(F)c1O.N#Cc1ccc2c(c1)cc(-c1cnc[nH]1)n2S(=O)(=O)c1cc(F)cc(F)c1O.N#Cc1ccc2c(c1)cc(C1CC1)n2S(=O)(=O)c1cc(F)cc(F)c1O.O=C(O)c1cccc(-c2cc3cc(Cl)ccc3n2S(=O)(=O)c2cc(Cl)cc(Cl)c2)c1. The van der Waals surface area contributed by atoms with Crippen LogP contribution >= 0.6 is 62.3 Å². The Kier molecular flexibility index (Phi) is 29.6. The number of aromatic amines is 1. The van der Waals surface area contributed by atoms with Crippen molar-refractivity contribution in [2.75, 3.05) is 14.1 Å². The summed E-state index contributed by atoms with van der Waals surface area (Å²) >= 11 is 27.5. The van der Waals surface area contributed by atoms with Crippen molar-refractivity contribution >= 4 is 179 Å². The van der Waals surface area contributed by atoms with E-state index in [2.05, 4.69) is 30.6 Å². The molecular formula is C102H63BrCl4F9N11O18S5. The number of carbonyl (C=O) groups excluding carboxylic acids is 1. The number of phenols is 4. The van der Waals surface area contributed by atoms with Crippen molar-refractivity contribution in [2.24, 2.45) is 0 Å². The molecule has 762 valence electrons. The van der Waals surface area contributed by atoms with Crippen molar-refractivity contribution < 1.29 is 121 Å². The number of carbonyl (C=O) groups is 2. The number of carboxylic acid groups (broad SMARTS) is 1. The Labute approximate surface area is 872 Å². The third-order valence-corrected chi connectivity index (χ3v) is 33.0. The molecule has 1 aliphatic rings. The lowest BCUT2D eigenvalue weighted by Crippen LogP contribution is -2.21. The van der Waals surface area contributed by atoms with Crippen molar-refractivity contribution in [1.29, 1.82) is 15.8 Å². The molecule has 6 N–H and O–H groups in total. The molecule has 13 aromatic carbocycles. The van der Waals surface area contributed by atoms with E-state index >= 15 is 0 Å². The first-order valence-corrected chi connectivity index (χ1v) is 52.4. The van der Waals surface area contributed by atoms with E-state index in [0.717, 1.165) is 53.0 Å². The van der Waals surface area contributed by atoms with Crippen LogP contribution in [0.2, 0.25) is 20.1 Å². The molecule has 0 atom stereocenters. The maximum atomic E-state index is 13.9. The number of aromatic carboxylic acids is 1. The molecular weight excluding hydrogens is 2220 g/mol. The lowest BCUT2D eigenvalue weighted by Gasteiger charge is -2.15. The molecule has 0 saturated heterocycles. The number of nitriles is 3. The van der Waals surface area contributed by atoms with Crippen molar-refractivity contribution in [2.45, 2.75) is 49.6 Å². The van der Waals surface area contributed by atoms with E-state index in [0.29, 0.717) is 127 Å². The van der Waals surface area contributed by atoms with E-state index in [1.807, 2.05) is 24.3 Å². The van der Waals surface area contributed by atoms with Crippen LogP contribution in [0.5, 0.6) is 28.7 Å². The van der Waals surface area contributed by atoms with E-state index < -0.39 is 141 Å². The van der Waals surface area contributed by atoms with Gasteiger partial charge >= 0.3 is 12.3 Å². The third-order valence-electron chi connectivity index (χ3n) is 22.9.